The Hall–Kier alpha value is -5.28. The molecule has 268 valence electrons. The van der Waals surface area contributed by atoms with Crippen LogP contribution in [0.4, 0.5) is 0 Å². The van der Waals surface area contributed by atoms with E-state index in [1.165, 1.54) is 8.61 Å². The van der Waals surface area contributed by atoms with E-state index in [2.05, 4.69) is 0 Å². The molecule has 0 spiro atoms. The van der Waals surface area contributed by atoms with E-state index in [1.54, 1.807) is 50.3 Å². The molecule has 52 heavy (non-hydrogen) atoms. The van der Waals surface area contributed by atoms with E-state index in [9.17, 15) is 26.4 Å². The summed E-state index contributed by atoms with van der Waals surface area (Å²) in [6, 6.07) is 28.0. The Labute approximate surface area is 302 Å². The monoisotopic (exact) mass is 742 g/mol. The van der Waals surface area contributed by atoms with Crippen LogP contribution in [0.3, 0.4) is 0 Å². The second kappa shape index (κ2) is 14.0. The van der Waals surface area contributed by atoms with Gasteiger partial charge in [-0.2, -0.15) is 25.4 Å². The molecular formula is C38H34N2O10S2. The molecule has 0 N–H and O–H groups in total. The third kappa shape index (κ3) is 6.73. The van der Waals surface area contributed by atoms with E-state index in [0.717, 1.165) is 11.1 Å². The van der Waals surface area contributed by atoms with Crippen LogP contribution < -0.4 is 8.37 Å². The minimum atomic E-state index is -3.96. The van der Waals surface area contributed by atoms with E-state index in [1.807, 2.05) is 72.8 Å². The van der Waals surface area contributed by atoms with Crippen molar-refractivity contribution in [3.8, 4) is 11.5 Å². The van der Waals surface area contributed by atoms with Crippen LogP contribution in [-0.4, -0.2) is 50.5 Å². The summed E-state index contributed by atoms with van der Waals surface area (Å²) >= 11 is 0. The predicted octanol–water partition coefficient (Wildman–Crippen LogP) is 5.32. The van der Waals surface area contributed by atoms with E-state index >= 15 is 0 Å². The van der Waals surface area contributed by atoms with Crippen molar-refractivity contribution in [3.05, 3.63) is 154 Å². The molecule has 4 aliphatic rings. The fraction of sp³-hybridized carbons (Fsp3) is 0.211. The Balaban J connectivity index is 0.000000162. The summed E-state index contributed by atoms with van der Waals surface area (Å²) < 4.78 is 73.4. The molecule has 12 nitrogen and oxygen atoms in total. The molecule has 0 radical (unpaired) electrons. The lowest BCUT2D eigenvalue weighted by Gasteiger charge is -2.32. The maximum absolute atomic E-state index is 12.6. The maximum atomic E-state index is 12.6. The number of carbonyl (C=O) groups is 2. The average molecular weight is 743 g/mol. The number of hydrogen-bond acceptors (Lipinski definition) is 10. The molecule has 0 fully saturated rings. The molecule has 0 saturated carbocycles. The summed E-state index contributed by atoms with van der Waals surface area (Å²) in [7, 11) is -7.91. The highest BCUT2D eigenvalue weighted by Gasteiger charge is 2.48. The average Bonchev–Trinajstić information content (AvgIpc) is 3.80. The summed E-state index contributed by atoms with van der Waals surface area (Å²) in [5.74, 6) is -0.466. The Morgan fingerprint density at radius 1 is 0.596 bits per heavy atom. The first-order valence-corrected chi connectivity index (χ1v) is 19.1. The Morgan fingerprint density at radius 3 is 1.37 bits per heavy atom. The second-order valence-corrected chi connectivity index (χ2v) is 15.4. The number of esters is 2. The summed E-state index contributed by atoms with van der Waals surface area (Å²) in [5, 5.41) is 0. The number of rotatable bonds is 6. The third-order valence-corrected chi connectivity index (χ3v) is 11.7. The molecule has 0 aromatic heterocycles. The van der Waals surface area contributed by atoms with Crippen molar-refractivity contribution in [2.45, 2.75) is 39.1 Å². The fourth-order valence-corrected chi connectivity index (χ4v) is 9.08. The van der Waals surface area contributed by atoms with Crippen molar-refractivity contribution in [3.63, 3.8) is 0 Å². The minimum absolute atomic E-state index is 0.0795. The number of carbonyl (C=O) groups excluding carboxylic acids is 2. The number of hydrogen-bond donors (Lipinski definition) is 0. The number of nitrogens with zero attached hydrogens (tertiary/aromatic N) is 2. The Kier molecular flexibility index (Phi) is 9.48. The van der Waals surface area contributed by atoms with Gasteiger partial charge in [0.15, 0.2) is 11.5 Å². The standard InChI is InChI=1S/2C19H17NO5S/c2*1-13-6-5-9-15-17-16(10-11-20(17)26(22,23)25-18(13)15)19(21)24-12-14-7-3-2-4-8-14/h2*2-10,17H,11-12H2,1H3/t2*17-/m10/s1. The van der Waals surface area contributed by atoms with Gasteiger partial charge < -0.3 is 17.8 Å². The van der Waals surface area contributed by atoms with Crippen LogP contribution in [0.15, 0.2) is 120 Å². The van der Waals surface area contributed by atoms with Gasteiger partial charge in [-0.15, -0.1) is 0 Å². The van der Waals surface area contributed by atoms with Crippen molar-refractivity contribution in [1.82, 2.24) is 8.61 Å². The first kappa shape index (κ1) is 35.1. The van der Waals surface area contributed by atoms with Crippen molar-refractivity contribution in [2.24, 2.45) is 0 Å². The highest BCUT2D eigenvalue weighted by molar-refractivity contribution is 7.85. The van der Waals surface area contributed by atoms with E-state index in [4.69, 9.17) is 17.8 Å². The Morgan fingerprint density at radius 2 is 0.981 bits per heavy atom. The lowest BCUT2D eigenvalue weighted by atomic mass is 9.98. The molecule has 4 aromatic rings. The molecule has 0 saturated heterocycles. The van der Waals surface area contributed by atoms with Gasteiger partial charge >= 0.3 is 32.5 Å². The molecule has 4 aliphatic heterocycles. The minimum Gasteiger partial charge on any atom is -0.457 e. The van der Waals surface area contributed by atoms with E-state index in [0.29, 0.717) is 33.4 Å². The van der Waals surface area contributed by atoms with Crippen LogP contribution in [0.5, 0.6) is 11.5 Å². The molecule has 0 aliphatic carbocycles. The fourth-order valence-electron chi connectivity index (χ4n) is 6.52. The van der Waals surface area contributed by atoms with Gasteiger partial charge in [-0.25, -0.2) is 9.59 Å². The zero-order valence-electron chi connectivity index (χ0n) is 28.2. The van der Waals surface area contributed by atoms with E-state index < -0.39 is 44.6 Å². The van der Waals surface area contributed by atoms with Gasteiger partial charge in [0.2, 0.25) is 0 Å². The van der Waals surface area contributed by atoms with Crippen LogP contribution in [0.1, 0.15) is 45.5 Å². The predicted molar refractivity (Wildman–Crippen MR) is 189 cm³/mol. The summed E-state index contributed by atoms with van der Waals surface area (Å²) in [6.07, 6.45) is 3.19. The lowest BCUT2D eigenvalue weighted by Crippen LogP contribution is -2.40. The first-order valence-electron chi connectivity index (χ1n) is 16.4. The summed E-state index contributed by atoms with van der Waals surface area (Å²) in [5.41, 5.74) is 5.09. The zero-order valence-corrected chi connectivity index (χ0v) is 29.8. The largest absolute Gasteiger partial charge is 0.457 e. The van der Waals surface area contributed by atoms with Crippen molar-refractivity contribution >= 4 is 32.5 Å². The topological polar surface area (TPSA) is 146 Å². The van der Waals surface area contributed by atoms with E-state index in [-0.39, 0.29) is 37.8 Å². The number of para-hydroxylation sites is 2. The zero-order chi connectivity index (χ0) is 36.6. The smallest absolute Gasteiger partial charge is 0.386 e. The summed E-state index contributed by atoms with van der Waals surface area (Å²) in [4.78, 5) is 25.3. The van der Waals surface area contributed by atoms with Gasteiger partial charge in [0.25, 0.3) is 0 Å². The Bertz CT molecular complexity index is 2160. The van der Waals surface area contributed by atoms with Crippen LogP contribution in [-0.2, 0) is 52.9 Å². The quantitative estimate of drug-likeness (QED) is 0.238. The number of aryl methyl sites for hydroxylation is 2. The van der Waals surface area contributed by atoms with Gasteiger partial charge in [0.1, 0.15) is 13.2 Å². The molecule has 4 aromatic carbocycles. The molecular weight excluding hydrogens is 709 g/mol. The maximum Gasteiger partial charge on any atom is 0.386 e. The molecule has 2 atom stereocenters. The lowest BCUT2D eigenvalue weighted by molar-refractivity contribution is -0.141. The van der Waals surface area contributed by atoms with Crippen LogP contribution in [0, 0.1) is 13.8 Å². The first-order chi connectivity index (χ1) is 24.9. The molecule has 8 rings (SSSR count). The van der Waals surface area contributed by atoms with Crippen molar-refractivity contribution in [2.75, 3.05) is 13.1 Å². The van der Waals surface area contributed by atoms with Crippen LogP contribution in [0.25, 0.3) is 0 Å². The van der Waals surface area contributed by atoms with Gasteiger partial charge in [-0.05, 0) is 36.1 Å². The number of fused-ring (bicyclic) bond motifs is 6. The van der Waals surface area contributed by atoms with Gasteiger partial charge in [-0.1, -0.05) is 109 Å². The molecule has 0 bridgehead atoms. The second-order valence-electron chi connectivity index (χ2n) is 12.5. The molecule has 0 unspecified atom stereocenters. The van der Waals surface area contributed by atoms with Gasteiger partial charge in [-0.3, -0.25) is 0 Å². The number of benzene rings is 4. The van der Waals surface area contributed by atoms with Gasteiger partial charge in [0.05, 0.1) is 23.2 Å². The van der Waals surface area contributed by atoms with Crippen LogP contribution in [0.2, 0.25) is 0 Å². The van der Waals surface area contributed by atoms with Gasteiger partial charge in [0, 0.05) is 24.2 Å². The SMILES string of the molecule is Cc1cccc2c1OS(=O)(=O)N1CC=C(C(=O)OCc3ccccc3)[C@@H]21.Cc1cccc2c1OS(=O)(=O)N1CC=C(C(=O)OCc3ccccc3)[C@H]21. The highest BCUT2D eigenvalue weighted by Crippen LogP contribution is 2.47. The van der Waals surface area contributed by atoms with Crippen molar-refractivity contribution < 1.29 is 44.3 Å². The summed E-state index contributed by atoms with van der Waals surface area (Å²) in [6.45, 7) is 3.97. The number of ether oxygens (including phenoxy) is 2. The normalized spacial score (nSPS) is 20.5. The third-order valence-electron chi connectivity index (χ3n) is 9.07. The molecule has 4 heterocycles. The highest BCUT2D eigenvalue weighted by atomic mass is 32.2. The molecule has 0 amide bonds. The molecule has 14 heteroatoms. The van der Waals surface area contributed by atoms with Crippen LogP contribution >= 0.6 is 0 Å². The van der Waals surface area contributed by atoms with Crippen molar-refractivity contribution in [1.29, 1.82) is 0 Å².